The number of hydrogen-bond donors (Lipinski definition) is 2. The molecule has 2 radical (unpaired) electrons. The lowest BCUT2D eigenvalue weighted by atomic mass is 9.93. The fourth-order valence-electron chi connectivity index (χ4n) is 3.87. The van der Waals surface area contributed by atoms with E-state index in [0.717, 1.165) is 31.8 Å². The van der Waals surface area contributed by atoms with Crippen LogP contribution in [-0.2, 0) is 7.05 Å². The van der Waals surface area contributed by atoms with Crippen molar-refractivity contribution in [3.63, 3.8) is 0 Å². The molecular formula is C23H24BF2N5O2. The van der Waals surface area contributed by atoms with E-state index in [0.29, 0.717) is 40.8 Å². The van der Waals surface area contributed by atoms with E-state index in [1.165, 1.54) is 12.8 Å². The van der Waals surface area contributed by atoms with E-state index in [2.05, 4.69) is 20.6 Å². The van der Waals surface area contributed by atoms with Crippen LogP contribution in [0.3, 0.4) is 0 Å². The summed E-state index contributed by atoms with van der Waals surface area (Å²) in [7, 11) is 7.90. The molecule has 0 aliphatic carbocycles. The van der Waals surface area contributed by atoms with Crippen LogP contribution < -0.4 is 20.8 Å². The van der Waals surface area contributed by atoms with Gasteiger partial charge in [0.1, 0.15) is 31.8 Å². The van der Waals surface area contributed by atoms with Gasteiger partial charge in [-0.15, -0.1) is 0 Å². The van der Waals surface area contributed by atoms with E-state index in [1.54, 1.807) is 36.1 Å². The van der Waals surface area contributed by atoms with Gasteiger partial charge in [-0.3, -0.25) is 9.58 Å². The van der Waals surface area contributed by atoms with E-state index in [9.17, 15) is 13.6 Å². The lowest BCUT2D eigenvalue weighted by molar-refractivity contribution is 0.238. The van der Waals surface area contributed by atoms with Crippen LogP contribution in [0.1, 0.15) is 12.8 Å². The molecular weight excluding hydrogens is 427 g/mol. The van der Waals surface area contributed by atoms with Crippen molar-refractivity contribution in [2.75, 3.05) is 36.9 Å². The number of nitrogens with zero attached hydrogens (tertiary/aromatic N) is 3. The Morgan fingerprint density at radius 3 is 2.64 bits per heavy atom. The largest absolute Gasteiger partial charge is 0.492 e. The second-order valence-electron chi connectivity index (χ2n) is 7.88. The first-order valence-electron chi connectivity index (χ1n) is 10.7. The first kappa shape index (κ1) is 22.8. The van der Waals surface area contributed by atoms with Crippen molar-refractivity contribution in [3.8, 4) is 17.0 Å². The van der Waals surface area contributed by atoms with Gasteiger partial charge in [0, 0.05) is 37.1 Å². The quantitative estimate of drug-likeness (QED) is 0.541. The summed E-state index contributed by atoms with van der Waals surface area (Å²) in [6.45, 7) is 3.50. The zero-order chi connectivity index (χ0) is 23.4. The summed E-state index contributed by atoms with van der Waals surface area (Å²) >= 11 is 0. The van der Waals surface area contributed by atoms with Crippen molar-refractivity contribution < 1.29 is 18.3 Å². The van der Waals surface area contributed by atoms with Gasteiger partial charge in [0.2, 0.25) is 0 Å². The molecule has 0 atom stereocenters. The predicted octanol–water partition coefficient (Wildman–Crippen LogP) is 3.28. The molecule has 7 nitrogen and oxygen atoms in total. The Bertz CT molecular complexity index is 1130. The molecule has 1 aliphatic rings. The maximum absolute atomic E-state index is 13.8. The third-order valence-electron chi connectivity index (χ3n) is 5.50. The summed E-state index contributed by atoms with van der Waals surface area (Å²) < 4.78 is 34.6. The van der Waals surface area contributed by atoms with Crippen molar-refractivity contribution in [2.45, 2.75) is 12.8 Å². The maximum atomic E-state index is 13.8. The topological polar surface area (TPSA) is 71.4 Å². The number of likely N-dealkylation sites (tertiary alicyclic amines) is 1. The number of benzene rings is 2. The van der Waals surface area contributed by atoms with Crippen LogP contribution in [0.4, 0.5) is 25.0 Å². The molecule has 2 aromatic carbocycles. The molecule has 3 aromatic rings. The first-order valence-corrected chi connectivity index (χ1v) is 10.7. The number of aromatic nitrogens is 2. The molecule has 4 rings (SSSR count). The highest BCUT2D eigenvalue weighted by molar-refractivity contribution is 6.35. The summed E-state index contributed by atoms with van der Waals surface area (Å²) in [4.78, 5) is 14.7. The van der Waals surface area contributed by atoms with Crippen LogP contribution in [-0.4, -0.2) is 54.8 Å². The van der Waals surface area contributed by atoms with Gasteiger partial charge in [0.05, 0.1) is 11.4 Å². The number of hydrogen-bond acceptors (Lipinski definition) is 4. The van der Waals surface area contributed by atoms with Gasteiger partial charge in [0.15, 0.2) is 0 Å². The number of anilines is 2. The van der Waals surface area contributed by atoms with E-state index in [4.69, 9.17) is 12.6 Å². The van der Waals surface area contributed by atoms with Gasteiger partial charge in [-0.05, 0) is 56.3 Å². The van der Waals surface area contributed by atoms with Gasteiger partial charge in [-0.2, -0.15) is 5.10 Å². The molecule has 1 aliphatic heterocycles. The van der Waals surface area contributed by atoms with Crippen LogP contribution >= 0.6 is 0 Å². The van der Waals surface area contributed by atoms with Crippen LogP contribution in [0, 0.1) is 11.6 Å². The lowest BCUT2D eigenvalue weighted by Crippen LogP contribution is -2.25. The number of nitrogens with one attached hydrogen (secondary N) is 2. The third kappa shape index (κ3) is 5.51. The fraction of sp³-hybridized carbons (Fsp3) is 0.304. The number of carbonyl (C=O) groups excluding carboxylic acids is 1. The summed E-state index contributed by atoms with van der Waals surface area (Å²) in [6, 6.07) is 7.40. The molecule has 1 fully saturated rings. The minimum Gasteiger partial charge on any atom is -0.492 e. The van der Waals surface area contributed by atoms with Gasteiger partial charge < -0.3 is 15.4 Å². The van der Waals surface area contributed by atoms with Crippen molar-refractivity contribution in [3.05, 3.63) is 54.2 Å². The van der Waals surface area contributed by atoms with Crippen molar-refractivity contribution in [1.29, 1.82) is 0 Å². The lowest BCUT2D eigenvalue weighted by Gasteiger charge is -2.18. The van der Waals surface area contributed by atoms with E-state index < -0.39 is 17.7 Å². The normalized spacial score (nSPS) is 13.8. The number of urea groups is 1. The predicted molar refractivity (Wildman–Crippen MR) is 124 cm³/mol. The van der Waals surface area contributed by atoms with Gasteiger partial charge >= 0.3 is 6.03 Å². The molecule has 0 saturated carbocycles. The third-order valence-corrected chi connectivity index (χ3v) is 5.50. The molecule has 10 heteroatoms. The highest BCUT2D eigenvalue weighted by Gasteiger charge is 2.17. The molecule has 1 saturated heterocycles. The number of ether oxygens (including phenoxy) is 1. The number of rotatable bonds is 7. The van der Waals surface area contributed by atoms with Crippen LogP contribution in [0.25, 0.3) is 11.3 Å². The zero-order valence-corrected chi connectivity index (χ0v) is 18.3. The zero-order valence-electron chi connectivity index (χ0n) is 18.3. The number of aryl methyl sites for hydroxylation is 1. The average Bonchev–Trinajstić information content (AvgIpc) is 3.41. The number of amides is 2. The van der Waals surface area contributed by atoms with Crippen LogP contribution in [0.15, 0.2) is 42.6 Å². The summed E-state index contributed by atoms with van der Waals surface area (Å²) in [5.74, 6) is -0.979. The number of halogens is 2. The Hall–Kier alpha value is -3.40. The molecule has 2 heterocycles. The van der Waals surface area contributed by atoms with E-state index >= 15 is 0 Å². The van der Waals surface area contributed by atoms with E-state index in [-0.39, 0.29) is 5.69 Å². The SMILES string of the molecule is [B]c1cnn(C)c1-c1cc(NC(=O)Nc2ccc(F)cc2F)ccc1OCCN1CCCC1. The average molecular weight is 451 g/mol. The summed E-state index contributed by atoms with van der Waals surface area (Å²) in [5.41, 5.74) is 2.10. The maximum Gasteiger partial charge on any atom is 0.323 e. The molecule has 33 heavy (non-hydrogen) atoms. The van der Waals surface area contributed by atoms with Gasteiger partial charge in [-0.25, -0.2) is 13.6 Å². The standard InChI is InChI=1S/C23H24BF2N5O2/c1-30-22(18(24)14-27-30)17-13-16(5-7-21(17)33-11-10-31-8-2-3-9-31)28-23(32)29-20-6-4-15(25)12-19(20)26/h4-7,12-14H,2-3,8-11H2,1H3,(H2,28,29,32). The highest BCUT2D eigenvalue weighted by Crippen LogP contribution is 2.32. The highest BCUT2D eigenvalue weighted by atomic mass is 19.1. The second kappa shape index (κ2) is 10.0. The fourth-order valence-corrected chi connectivity index (χ4v) is 3.87. The second-order valence-corrected chi connectivity index (χ2v) is 7.88. The Kier molecular flexibility index (Phi) is 6.93. The molecule has 1 aromatic heterocycles. The number of carbonyl (C=O) groups is 1. The van der Waals surface area contributed by atoms with Crippen molar-refractivity contribution >= 4 is 30.7 Å². The van der Waals surface area contributed by atoms with Gasteiger partial charge in [0.25, 0.3) is 0 Å². The van der Waals surface area contributed by atoms with Crippen molar-refractivity contribution in [1.82, 2.24) is 14.7 Å². The molecule has 0 spiro atoms. The van der Waals surface area contributed by atoms with Gasteiger partial charge in [-0.1, -0.05) is 5.46 Å². The summed E-state index contributed by atoms with van der Waals surface area (Å²) in [6.07, 6.45) is 3.97. The monoisotopic (exact) mass is 451 g/mol. The first-order chi connectivity index (χ1) is 15.9. The molecule has 0 unspecified atom stereocenters. The minimum absolute atomic E-state index is 0.133. The van der Waals surface area contributed by atoms with E-state index in [1.807, 2.05) is 0 Å². The molecule has 2 amide bonds. The summed E-state index contributed by atoms with van der Waals surface area (Å²) in [5, 5.41) is 9.23. The van der Waals surface area contributed by atoms with Crippen molar-refractivity contribution in [2.24, 2.45) is 7.05 Å². The Morgan fingerprint density at radius 1 is 1.15 bits per heavy atom. The Morgan fingerprint density at radius 2 is 1.94 bits per heavy atom. The molecule has 170 valence electrons. The molecule has 2 N–H and O–H groups in total. The smallest absolute Gasteiger partial charge is 0.323 e. The molecule has 0 bridgehead atoms. The van der Waals surface area contributed by atoms with Crippen LogP contribution in [0.5, 0.6) is 5.75 Å². The Balaban J connectivity index is 1.52. The Labute approximate surface area is 192 Å². The van der Waals surface area contributed by atoms with Crippen LogP contribution in [0.2, 0.25) is 0 Å². The minimum atomic E-state index is -0.866.